The monoisotopic (exact) mass is 459 g/mol. The fraction of sp³-hybridized carbons (Fsp3) is 0.500. The molecule has 2 N–H and O–H groups in total. The molecule has 1 aromatic heterocycles. The van der Waals surface area contributed by atoms with Crippen molar-refractivity contribution in [1.29, 1.82) is 0 Å². The molecule has 6 heteroatoms. The molecule has 0 bridgehead atoms. The Hall–Kier alpha value is -2.86. The van der Waals surface area contributed by atoms with Crippen molar-refractivity contribution < 1.29 is 14.6 Å². The summed E-state index contributed by atoms with van der Waals surface area (Å²) in [5, 5.41) is 13.7. The van der Waals surface area contributed by atoms with Gasteiger partial charge in [-0.2, -0.15) is 0 Å². The Bertz CT molecular complexity index is 1200. The Morgan fingerprint density at radius 2 is 1.94 bits per heavy atom. The van der Waals surface area contributed by atoms with Gasteiger partial charge in [0.15, 0.2) is 0 Å². The minimum Gasteiger partial charge on any atom is -0.481 e. The lowest BCUT2D eigenvalue weighted by atomic mass is 9.71. The molecule has 3 aliphatic rings. The summed E-state index contributed by atoms with van der Waals surface area (Å²) in [6.45, 7) is 4.00. The van der Waals surface area contributed by atoms with Gasteiger partial charge in [0, 0.05) is 35.2 Å². The molecule has 178 valence electrons. The molecule has 2 aliphatic heterocycles. The van der Waals surface area contributed by atoms with E-state index in [1.807, 2.05) is 30.3 Å². The first-order chi connectivity index (χ1) is 16.5. The van der Waals surface area contributed by atoms with E-state index in [1.165, 1.54) is 24.1 Å². The van der Waals surface area contributed by atoms with Gasteiger partial charge in [0.05, 0.1) is 30.2 Å². The number of aryl methyl sites for hydroxylation is 1. The first-order valence-electron chi connectivity index (χ1n) is 12.7. The van der Waals surface area contributed by atoms with Crippen molar-refractivity contribution >= 4 is 22.7 Å². The number of aromatic nitrogens is 2. The predicted octanol–water partition coefficient (Wildman–Crippen LogP) is 5.33. The number of hydrogen-bond acceptors (Lipinski definition) is 4. The molecule has 2 aromatic carbocycles. The average molecular weight is 460 g/mol. The molecule has 6 rings (SSSR count). The van der Waals surface area contributed by atoms with E-state index in [4.69, 9.17) is 9.72 Å². The molecular formula is C28H33N3O3. The third-order valence-electron chi connectivity index (χ3n) is 8.35. The number of fused-ring (bicyclic) bond motifs is 3. The lowest BCUT2D eigenvalue weighted by molar-refractivity contribution is -0.138. The number of carboxylic acid groups (broad SMARTS) is 1. The number of benzene rings is 2. The third kappa shape index (κ3) is 3.68. The van der Waals surface area contributed by atoms with Gasteiger partial charge in [-0.05, 0) is 63.1 Å². The van der Waals surface area contributed by atoms with Crippen LogP contribution in [0.4, 0.5) is 5.69 Å². The van der Waals surface area contributed by atoms with Gasteiger partial charge in [-0.1, -0.05) is 30.3 Å². The van der Waals surface area contributed by atoms with Crippen LogP contribution < -0.4 is 5.32 Å². The number of hydrogen-bond donors (Lipinski definition) is 2. The van der Waals surface area contributed by atoms with Crippen LogP contribution in [0.1, 0.15) is 67.9 Å². The maximum Gasteiger partial charge on any atom is 0.311 e. The van der Waals surface area contributed by atoms with Crippen molar-refractivity contribution in [2.45, 2.75) is 69.9 Å². The number of aliphatic carboxylic acids is 1. The Kier molecular flexibility index (Phi) is 5.36. The zero-order valence-electron chi connectivity index (χ0n) is 19.8. The summed E-state index contributed by atoms with van der Waals surface area (Å²) in [5.74, 6) is -0.499. The second kappa shape index (κ2) is 8.42. The lowest BCUT2D eigenvalue weighted by Crippen LogP contribution is -2.45. The molecule has 1 unspecified atom stereocenters. The fourth-order valence-electron chi connectivity index (χ4n) is 6.27. The number of rotatable bonds is 5. The van der Waals surface area contributed by atoms with Gasteiger partial charge < -0.3 is 19.7 Å². The summed E-state index contributed by atoms with van der Waals surface area (Å²) >= 11 is 0. The van der Waals surface area contributed by atoms with E-state index in [2.05, 4.69) is 28.9 Å². The highest BCUT2D eigenvalue weighted by Gasteiger charge is 2.42. The van der Waals surface area contributed by atoms with Crippen molar-refractivity contribution in [3.8, 4) is 0 Å². The number of anilines is 1. The molecule has 0 amide bonds. The number of nitrogens with one attached hydrogen (secondary N) is 1. The van der Waals surface area contributed by atoms with Gasteiger partial charge in [0.25, 0.3) is 0 Å². The van der Waals surface area contributed by atoms with Crippen molar-refractivity contribution in [1.82, 2.24) is 9.55 Å². The van der Waals surface area contributed by atoms with Crippen molar-refractivity contribution in [2.75, 3.05) is 18.5 Å². The number of ether oxygens (including phenoxy) is 1. The van der Waals surface area contributed by atoms with Gasteiger partial charge >= 0.3 is 5.97 Å². The van der Waals surface area contributed by atoms with E-state index in [9.17, 15) is 9.90 Å². The van der Waals surface area contributed by atoms with E-state index < -0.39 is 11.9 Å². The molecule has 1 spiro atoms. The molecule has 1 saturated heterocycles. The van der Waals surface area contributed by atoms with Crippen LogP contribution in [0, 0.1) is 5.41 Å². The average Bonchev–Trinajstić information content (AvgIpc) is 3.20. The molecular weight excluding hydrogens is 426 g/mol. The van der Waals surface area contributed by atoms with Gasteiger partial charge in [-0.25, -0.2) is 4.98 Å². The van der Waals surface area contributed by atoms with Crippen LogP contribution in [0.3, 0.4) is 0 Å². The van der Waals surface area contributed by atoms with Crippen LogP contribution in [-0.4, -0.2) is 39.9 Å². The maximum atomic E-state index is 12.3. The van der Waals surface area contributed by atoms with Gasteiger partial charge in [-0.3, -0.25) is 4.79 Å². The highest BCUT2D eigenvalue weighted by molar-refractivity contribution is 5.86. The number of carboxylic acids is 1. The lowest BCUT2D eigenvalue weighted by Gasteiger charge is -2.46. The minimum atomic E-state index is -0.795. The normalized spacial score (nSPS) is 22.7. The van der Waals surface area contributed by atoms with Gasteiger partial charge in [0.2, 0.25) is 0 Å². The van der Waals surface area contributed by atoms with E-state index >= 15 is 0 Å². The zero-order chi connectivity index (χ0) is 23.3. The Balaban J connectivity index is 1.43. The quantitative estimate of drug-likeness (QED) is 0.540. The van der Waals surface area contributed by atoms with E-state index in [0.717, 1.165) is 61.3 Å². The molecule has 6 nitrogen and oxygen atoms in total. The van der Waals surface area contributed by atoms with Crippen LogP contribution in [0.5, 0.6) is 0 Å². The summed E-state index contributed by atoms with van der Waals surface area (Å²) < 4.78 is 7.94. The zero-order valence-corrected chi connectivity index (χ0v) is 19.8. The van der Waals surface area contributed by atoms with Crippen LogP contribution in [0.25, 0.3) is 11.0 Å². The summed E-state index contributed by atoms with van der Waals surface area (Å²) in [5.41, 5.74) is 5.88. The fourth-order valence-corrected chi connectivity index (χ4v) is 6.27. The Morgan fingerprint density at radius 1 is 1.18 bits per heavy atom. The van der Waals surface area contributed by atoms with E-state index in [-0.39, 0.29) is 0 Å². The highest BCUT2D eigenvalue weighted by Crippen LogP contribution is 2.47. The van der Waals surface area contributed by atoms with Crippen molar-refractivity contribution in [3.63, 3.8) is 0 Å². The molecule has 2 fully saturated rings. The highest BCUT2D eigenvalue weighted by atomic mass is 16.5. The molecule has 34 heavy (non-hydrogen) atoms. The summed E-state index contributed by atoms with van der Waals surface area (Å²) in [6, 6.07) is 14.8. The largest absolute Gasteiger partial charge is 0.481 e. The Labute approximate surface area is 200 Å². The van der Waals surface area contributed by atoms with Crippen LogP contribution in [-0.2, 0) is 22.4 Å². The van der Waals surface area contributed by atoms with Crippen LogP contribution >= 0.6 is 0 Å². The van der Waals surface area contributed by atoms with Crippen LogP contribution in [0.2, 0.25) is 0 Å². The summed E-state index contributed by atoms with van der Waals surface area (Å²) in [4.78, 5) is 17.5. The number of nitrogens with zero attached hydrogens (tertiary/aromatic N) is 2. The van der Waals surface area contributed by atoms with Gasteiger partial charge in [0.1, 0.15) is 5.82 Å². The predicted molar refractivity (Wildman–Crippen MR) is 132 cm³/mol. The SMILES string of the molecule is C[C@H]1CCc2c(ccc3c2nc(CC(C(=O)O)c2ccccc2)n3C2CCC3(CC2)COC3)N1. The molecule has 0 radical (unpaired) electrons. The second-order valence-electron chi connectivity index (χ2n) is 10.7. The standard InChI is InChI=1S/C28H33N3O3/c1-18-7-8-21-23(29-18)9-10-24-26(21)30-25(15-22(27(32)33)19-5-3-2-4-6-19)31(24)20-11-13-28(14-12-20)16-34-17-28/h2-6,9-10,18,20,22,29H,7-8,11-17H2,1H3,(H,32,33)/t18-,22?/m0/s1. The molecule has 3 heterocycles. The summed E-state index contributed by atoms with van der Waals surface area (Å²) in [6.07, 6.45) is 7.01. The maximum absolute atomic E-state index is 12.3. The molecule has 2 atom stereocenters. The first-order valence-corrected chi connectivity index (χ1v) is 12.7. The minimum absolute atomic E-state index is 0.352. The Morgan fingerprint density at radius 3 is 2.62 bits per heavy atom. The van der Waals surface area contributed by atoms with E-state index in [1.54, 1.807) is 0 Å². The van der Waals surface area contributed by atoms with Crippen molar-refractivity contribution in [3.05, 3.63) is 59.4 Å². The van der Waals surface area contributed by atoms with Crippen LogP contribution in [0.15, 0.2) is 42.5 Å². The molecule has 3 aromatic rings. The van der Waals surface area contributed by atoms with Crippen molar-refractivity contribution in [2.24, 2.45) is 5.41 Å². The molecule has 1 saturated carbocycles. The summed E-state index contributed by atoms with van der Waals surface area (Å²) in [7, 11) is 0. The van der Waals surface area contributed by atoms with E-state index in [0.29, 0.717) is 23.9 Å². The first kappa shape index (κ1) is 21.7. The number of carbonyl (C=O) groups is 1. The van der Waals surface area contributed by atoms with Gasteiger partial charge in [-0.15, -0.1) is 0 Å². The third-order valence-corrected chi connectivity index (χ3v) is 8.35. The topological polar surface area (TPSA) is 76.4 Å². The smallest absolute Gasteiger partial charge is 0.311 e. The second-order valence-corrected chi connectivity index (χ2v) is 10.7. The molecule has 1 aliphatic carbocycles. The number of imidazole rings is 1.